The summed E-state index contributed by atoms with van der Waals surface area (Å²) in [5, 5.41) is 9.47. The normalized spacial score (nSPS) is 10.2. The Hall–Kier alpha value is -1.73. The zero-order valence-electron chi connectivity index (χ0n) is 9.11. The van der Waals surface area contributed by atoms with Crippen molar-refractivity contribution in [2.24, 2.45) is 0 Å². The Bertz CT molecular complexity index is 590. The second-order valence-corrected chi connectivity index (χ2v) is 4.72. The second kappa shape index (κ2) is 5.28. The number of benzene rings is 1. The molecule has 0 bridgehead atoms. The maximum atomic E-state index is 13.5. The molecule has 0 saturated heterocycles. The average Bonchev–Trinajstić information content (AvgIpc) is 2.79. The van der Waals surface area contributed by atoms with Crippen molar-refractivity contribution in [1.82, 2.24) is 10.2 Å². The first-order valence-corrected chi connectivity index (χ1v) is 5.93. The summed E-state index contributed by atoms with van der Waals surface area (Å²) >= 11 is 6.47. The number of halogens is 2. The minimum Gasteiger partial charge on any atom is -0.497 e. The van der Waals surface area contributed by atoms with Gasteiger partial charge in [0.25, 0.3) is 5.91 Å². The highest BCUT2D eigenvalue weighted by molar-refractivity contribution is 7.17. The third kappa shape index (κ3) is 2.74. The van der Waals surface area contributed by atoms with Crippen LogP contribution in [-0.4, -0.2) is 23.2 Å². The summed E-state index contributed by atoms with van der Waals surface area (Å²) in [4.78, 5) is 11.7. The summed E-state index contributed by atoms with van der Waals surface area (Å²) in [6.45, 7) is 0. The lowest BCUT2D eigenvalue weighted by Gasteiger charge is -2.06. The van der Waals surface area contributed by atoms with Crippen molar-refractivity contribution in [2.75, 3.05) is 12.4 Å². The van der Waals surface area contributed by atoms with Crippen LogP contribution in [0.25, 0.3) is 0 Å². The van der Waals surface area contributed by atoms with Crippen LogP contribution in [0.15, 0.2) is 18.2 Å². The van der Waals surface area contributed by atoms with E-state index in [0.29, 0.717) is 5.75 Å². The van der Waals surface area contributed by atoms with E-state index in [1.807, 2.05) is 0 Å². The van der Waals surface area contributed by atoms with E-state index in [-0.39, 0.29) is 15.2 Å². The molecule has 5 nitrogen and oxygen atoms in total. The number of rotatable bonds is 3. The first-order valence-electron chi connectivity index (χ1n) is 4.74. The lowest BCUT2D eigenvalue weighted by Crippen LogP contribution is -2.12. The summed E-state index contributed by atoms with van der Waals surface area (Å²) in [6, 6.07) is 4.02. The molecule has 0 aliphatic heterocycles. The molecule has 2 rings (SSSR count). The van der Waals surface area contributed by atoms with E-state index >= 15 is 0 Å². The maximum absolute atomic E-state index is 13.5. The molecule has 1 amide bonds. The largest absolute Gasteiger partial charge is 0.497 e. The molecule has 1 aromatic carbocycles. The molecule has 1 N–H and O–H groups in total. The molecule has 0 spiro atoms. The lowest BCUT2D eigenvalue weighted by molar-refractivity contribution is 0.102. The van der Waals surface area contributed by atoms with Crippen LogP contribution in [0, 0.1) is 5.82 Å². The van der Waals surface area contributed by atoms with E-state index in [2.05, 4.69) is 15.5 Å². The summed E-state index contributed by atoms with van der Waals surface area (Å²) in [7, 11) is 1.45. The van der Waals surface area contributed by atoms with E-state index in [1.54, 1.807) is 0 Å². The van der Waals surface area contributed by atoms with Gasteiger partial charge in [-0.1, -0.05) is 11.3 Å². The topological polar surface area (TPSA) is 64.1 Å². The van der Waals surface area contributed by atoms with Crippen LogP contribution in [0.3, 0.4) is 0 Å². The summed E-state index contributed by atoms with van der Waals surface area (Å²) in [6.07, 6.45) is 0. The molecular weight excluding hydrogens is 281 g/mol. The molecule has 0 fully saturated rings. The Kier molecular flexibility index (Phi) is 3.73. The van der Waals surface area contributed by atoms with Crippen LogP contribution in [0.4, 0.5) is 10.1 Å². The number of amides is 1. The molecule has 94 valence electrons. The van der Waals surface area contributed by atoms with Gasteiger partial charge in [-0.2, -0.15) is 0 Å². The maximum Gasteiger partial charge on any atom is 0.286 e. The van der Waals surface area contributed by atoms with Crippen LogP contribution in [0.1, 0.15) is 9.80 Å². The lowest BCUT2D eigenvalue weighted by atomic mass is 10.3. The van der Waals surface area contributed by atoms with Gasteiger partial charge in [-0.3, -0.25) is 4.79 Å². The standard InChI is InChI=1S/C10H7ClFN3O2S/c1-17-5-2-3-6(12)7(4-5)13-8(16)9-14-15-10(11)18-9/h2-4H,1H3,(H,13,16). The molecule has 8 heteroatoms. The van der Waals surface area contributed by atoms with Crippen molar-refractivity contribution in [1.29, 1.82) is 0 Å². The number of ether oxygens (including phenoxy) is 1. The highest BCUT2D eigenvalue weighted by Gasteiger charge is 2.14. The molecule has 2 aromatic rings. The number of methoxy groups -OCH3 is 1. The molecule has 1 heterocycles. The molecule has 0 aliphatic carbocycles. The third-order valence-corrected chi connectivity index (χ3v) is 3.03. The first-order chi connectivity index (χ1) is 8.60. The monoisotopic (exact) mass is 287 g/mol. The fraction of sp³-hybridized carbons (Fsp3) is 0.100. The molecular formula is C10H7ClFN3O2S. The van der Waals surface area contributed by atoms with Gasteiger partial charge in [0.05, 0.1) is 12.8 Å². The fourth-order valence-corrected chi connectivity index (χ4v) is 1.92. The van der Waals surface area contributed by atoms with E-state index in [9.17, 15) is 9.18 Å². The number of anilines is 1. The highest BCUT2D eigenvalue weighted by Crippen LogP contribution is 2.22. The minimum absolute atomic E-state index is 0.00525. The van der Waals surface area contributed by atoms with Gasteiger partial charge in [-0.15, -0.1) is 10.2 Å². The zero-order chi connectivity index (χ0) is 13.1. The number of aromatic nitrogens is 2. The minimum atomic E-state index is -0.577. The van der Waals surface area contributed by atoms with E-state index in [0.717, 1.165) is 11.3 Å². The first kappa shape index (κ1) is 12.7. The van der Waals surface area contributed by atoms with Crippen molar-refractivity contribution >= 4 is 34.5 Å². The van der Waals surface area contributed by atoms with E-state index in [4.69, 9.17) is 16.3 Å². The SMILES string of the molecule is COc1ccc(F)c(NC(=O)c2nnc(Cl)s2)c1. The van der Waals surface area contributed by atoms with Gasteiger partial charge in [0, 0.05) is 6.07 Å². The summed E-state index contributed by atoms with van der Waals surface area (Å²) < 4.78 is 18.5. The Morgan fingerprint density at radius 2 is 2.28 bits per heavy atom. The van der Waals surface area contributed by atoms with Gasteiger partial charge in [0.1, 0.15) is 11.6 Å². The number of nitrogens with zero attached hydrogens (tertiary/aromatic N) is 2. The van der Waals surface area contributed by atoms with E-state index < -0.39 is 11.7 Å². The van der Waals surface area contributed by atoms with Crippen LogP contribution < -0.4 is 10.1 Å². The van der Waals surface area contributed by atoms with Crippen molar-refractivity contribution in [3.8, 4) is 5.75 Å². The van der Waals surface area contributed by atoms with E-state index in [1.165, 1.54) is 25.3 Å². The van der Waals surface area contributed by atoms with Crippen molar-refractivity contribution in [2.45, 2.75) is 0 Å². The van der Waals surface area contributed by atoms with Crippen LogP contribution in [-0.2, 0) is 0 Å². The van der Waals surface area contributed by atoms with Gasteiger partial charge < -0.3 is 10.1 Å². The number of hydrogen-bond donors (Lipinski definition) is 1. The number of carbonyl (C=O) groups is 1. The Morgan fingerprint density at radius 1 is 1.50 bits per heavy atom. The predicted octanol–water partition coefficient (Wildman–Crippen LogP) is 2.59. The third-order valence-electron chi connectivity index (χ3n) is 2.02. The van der Waals surface area contributed by atoms with Crippen molar-refractivity contribution < 1.29 is 13.9 Å². The Morgan fingerprint density at radius 3 is 2.89 bits per heavy atom. The summed E-state index contributed by atoms with van der Waals surface area (Å²) in [5.74, 6) is -0.715. The molecule has 0 atom stereocenters. The predicted molar refractivity (Wildman–Crippen MR) is 65.8 cm³/mol. The zero-order valence-corrected chi connectivity index (χ0v) is 10.7. The average molecular weight is 288 g/mol. The van der Waals surface area contributed by atoms with Crippen LogP contribution >= 0.6 is 22.9 Å². The van der Waals surface area contributed by atoms with Crippen LogP contribution in [0.5, 0.6) is 5.75 Å². The number of nitrogens with one attached hydrogen (secondary N) is 1. The van der Waals surface area contributed by atoms with Gasteiger partial charge >= 0.3 is 0 Å². The second-order valence-electron chi connectivity index (χ2n) is 3.16. The molecule has 1 aromatic heterocycles. The van der Waals surface area contributed by atoms with Gasteiger partial charge in [-0.25, -0.2) is 4.39 Å². The number of hydrogen-bond acceptors (Lipinski definition) is 5. The summed E-state index contributed by atoms with van der Waals surface area (Å²) in [5.41, 5.74) is 0.00525. The Labute approximate surface area is 111 Å². The molecule has 0 radical (unpaired) electrons. The van der Waals surface area contributed by atoms with Gasteiger partial charge in [-0.05, 0) is 23.7 Å². The van der Waals surface area contributed by atoms with Crippen LogP contribution in [0.2, 0.25) is 4.47 Å². The molecule has 18 heavy (non-hydrogen) atoms. The fourth-order valence-electron chi connectivity index (χ4n) is 1.20. The quantitative estimate of drug-likeness (QED) is 0.942. The smallest absolute Gasteiger partial charge is 0.286 e. The molecule has 0 saturated carbocycles. The van der Waals surface area contributed by atoms with Crippen molar-refractivity contribution in [3.63, 3.8) is 0 Å². The highest BCUT2D eigenvalue weighted by atomic mass is 35.5. The Balaban J connectivity index is 2.21. The van der Waals surface area contributed by atoms with Gasteiger partial charge in [0.2, 0.25) is 9.47 Å². The molecule has 0 unspecified atom stereocenters. The molecule has 0 aliphatic rings. The van der Waals surface area contributed by atoms with Gasteiger partial charge in [0.15, 0.2) is 0 Å². The number of carbonyl (C=O) groups excluding carboxylic acids is 1. The van der Waals surface area contributed by atoms with Crippen molar-refractivity contribution in [3.05, 3.63) is 33.5 Å².